The van der Waals surface area contributed by atoms with E-state index in [4.69, 9.17) is 5.73 Å². The van der Waals surface area contributed by atoms with Crippen molar-refractivity contribution in [2.24, 2.45) is 5.73 Å². The van der Waals surface area contributed by atoms with Crippen molar-refractivity contribution in [1.29, 1.82) is 0 Å². The minimum Gasteiger partial charge on any atom is -0.480 e. The molecule has 0 bridgehead atoms. The Morgan fingerprint density at radius 3 is 1.30 bits per heavy atom. The monoisotopic (exact) mass is 570 g/mol. The van der Waals surface area contributed by atoms with Crippen LogP contribution in [0.3, 0.4) is 0 Å². The van der Waals surface area contributed by atoms with E-state index in [1.54, 1.807) is 0 Å². The summed E-state index contributed by atoms with van der Waals surface area (Å²) in [5, 5.41) is 25.4. The predicted octanol–water partition coefficient (Wildman–Crippen LogP) is 3.04. The van der Waals surface area contributed by atoms with E-state index in [2.05, 4.69) is 88.9 Å². The fraction of sp³-hybridized carbons (Fsp3) is 0.900. The number of carboxylic acid groups (broad SMARTS) is 1. The molecule has 1 unspecified atom stereocenters. The van der Waals surface area contributed by atoms with Gasteiger partial charge in [-0.1, -0.05) is 6.42 Å². The van der Waals surface area contributed by atoms with Gasteiger partial charge in [-0.05, 0) is 133 Å². The van der Waals surface area contributed by atoms with Gasteiger partial charge in [0, 0.05) is 16.6 Å². The Balaban J connectivity index is 5.02. The minimum absolute atomic E-state index is 0.00158. The molecule has 40 heavy (non-hydrogen) atoms. The maximum absolute atomic E-state index is 13.2. The van der Waals surface area contributed by atoms with Crippen LogP contribution in [0.1, 0.15) is 120 Å². The third kappa shape index (κ3) is 22.0. The highest BCUT2D eigenvalue weighted by Gasteiger charge is 2.27. The Kier molecular flexibility index (Phi) is 17.8. The Morgan fingerprint density at radius 1 is 0.575 bits per heavy atom. The van der Waals surface area contributed by atoms with Crippen molar-refractivity contribution in [2.75, 3.05) is 19.6 Å². The van der Waals surface area contributed by atoms with Gasteiger partial charge in [0.15, 0.2) is 0 Å². The van der Waals surface area contributed by atoms with Crippen LogP contribution in [0.25, 0.3) is 0 Å². The second-order valence-corrected chi connectivity index (χ2v) is 14.1. The summed E-state index contributed by atoms with van der Waals surface area (Å²) in [4.78, 5) is 38.0. The highest BCUT2D eigenvalue weighted by atomic mass is 16.4. The molecule has 0 aromatic carbocycles. The van der Waals surface area contributed by atoms with Gasteiger partial charge in [0.05, 0.1) is 6.04 Å². The van der Waals surface area contributed by atoms with E-state index in [0.29, 0.717) is 32.1 Å². The Bertz CT molecular complexity index is 740. The number of aliphatic carboxylic acids is 1. The highest BCUT2D eigenvalue weighted by molar-refractivity contribution is 5.91. The number of carbonyl (C=O) groups excluding carboxylic acids is 2. The molecule has 0 saturated heterocycles. The van der Waals surface area contributed by atoms with Crippen LogP contribution in [-0.2, 0) is 14.4 Å². The van der Waals surface area contributed by atoms with E-state index >= 15 is 0 Å². The van der Waals surface area contributed by atoms with E-state index in [-0.39, 0.29) is 22.5 Å². The zero-order valence-corrected chi connectivity index (χ0v) is 27.0. The quantitative estimate of drug-likeness (QED) is 0.110. The average Bonchev–Trinajstić information content (AvgIpc) is 2.79. The summed E-state index contributed by atoms with van der Waals surface area (Å²) in [6.45, 7) is 21.2. The molecule has 0 fully saturated rings. The predicted molar refractivity (Wildman–Crippen MR) is 164 cm³/mol. The summed E-state index contributed by atoms with van der Waals surface area (Å²) in [6.07, 6.45) is 5.92. The summed E-state index contributed by atoms with van der Waals surface area (Å²) in [5.74, 6) is -1.92. The first kappa shape index (κ1) is 38.2. The number of hydrogen-bond acceptors (Lipinski definition) is 7. The molecule has 8 N–H and O–H groups in total. The molecule has 0 aliphatic carbocycles. The third-order valence-electron chi connectivity index (χ3n) is 6.33. The largest absolute Gasteiger partial charge is 0.480 e. The van der Waals surface area contributed by atoms with Crippen LogP contribution in [0.15, 0.2) is 0 Å². The van der Waals surface area contributed by atoms with E-state index in [0.717, 1.165) is 45.3 Å². The fourth-order valence-electron chi connectivity index (χ4n) is 4.03. The summed E-state index contributed by atoms with van der Waals surface area (Å²) in [5.41, 5.74) is 6.19. The lowest BCUT2D eigenvalue weighted by atomic mass is 10.0. The Morgan fingerprint density at radius 2 is 0.925 bits per heavy atom. The average molecular weight is 571 g/mol. The van der Waals surface area contributed by atoms with Gasteiger partial charge in [-0.3, -0.25) is 9.59 Å². The first-order valence-corrected chi connectivity index (χ1v) is 15.1. The van der Waals surface area contributed by atoms with Gasteiger partial charge >= 0.3 is 5.97 Å². The van der Waals surface area contributed by atoms with Crippen molar-refractivity contribution in [3.05, 3.63) is 0 Å². The fourth-order valence-corrected chi connectivity index (χ4v) is 4.03. The minimum atomic E-state index is -1.07. The van der Waals surface area contributed by atoms with Gasteiger partial charge in [0.1, 0.15) is 12.1 Å². The van der Waals surface area contributed by atoms with Crippen LogP contribution in [0.4, 0.5) is 0 Å². The van der Waals surface area contributed by atoms with Crippen LogP contribution in [0, 0.1) is 0 Å². The van der Waals surface area contributed by atoms with Crippen molar-refractivity contribution in [1.82, 2.24) is 26.6 Å². The van der Waals surface area contributed by atoms with Gasteiger partial charge in [0.2, 0.25) is 11.8 Å². The third-order valence-corrected chi connectivity index (χ3v) is 6.33. The molecule has 0 radical (unpaired) electrons. The van der Waals surface area contributed by atoms with E-state index in [1.807, 2.05) is 0 Å². The molecular weight excluding hydrogens is 508 g/mol. The Labute approximate surface area is 244 Å². The van der Waals surface area contributed by atoms with Gasteiger partial charge in [-0.2, -0.15) is 0 Å². The normalized spacial score (nSPS) is 14.8. The molecule has 0 saturated carbocycles. The molecule has 236 valence electrons. The maximum Gasteiger partial charge on any atom is 0.326 e. The van der Waals surface area contributed by atoms with Crippen LogP contribution < -0.4 is 32.3 Å². The molecular formula is C30H62N6O4. The lowest BCUT2D eigenvalue weighted by Crippen LogP contribution is -2.54. The van der Waals surface area contributed by atoms with Crippen molar-refractivity contribution in [2.45, 2.75) is 155 Å². The summed E-state index contributed by atoms with van der Waals surface area (Å²) >= 11 is 0. The van der Waals surface area contributed by atoms with Crippen LogP contribution in [0.5, 0.6) is 0 Å². The molecule has 0 rings (SSSR count). The van der Waals surface area contributed by atoms with Gasteiger partial charge < -0.3 is 37.4 Å². The number of unbranched alkanes of at least 4 members (excludes halogenated alkanes) is 3. The molecule has 10 heteroatoms. The molecule has 0 aliphatic heterocycles. The number of rotatable bonds is 20. The molecule has 0 heterocycles. The standard InChI is InChI=1S/C30H62N6O4/c1-28(2,3)32-19-13-10-16-22(31)25(37)35-23(17-11-14-20-33-29(4,5)6)26(38)36-24(27(39)40)18-12-15-21-34-30(7,8)9/h22-24,32-34H,10-21,31H2,1-9H3,(H,35,37)(H,36,38)(H,39,40)/t22-,23?,24+/m1/s1. The topological polar surface area (TPSA) is 158 Å². The summed E-state index contributed by atoms with van der Waals surface area (Å²) in [6, 6.07) is -2.56. The number of hydrogen-bond donors (Lipinski definition) is 7. The molecule has 0 aromatic heterocycles. The van der Waals surface area contributed by atoms with Crippen molar-refractivity contribution >= 4 is 17.8 Å². The van der Waals surface area contributed by atoms with Gasteiger partial charge in [-0.25, -0.2) is 4.79 Å². The number of nitrogens with one attached hydrogen (secondary N) is 5. The second kappa shape index (κ2) is 18.6. The number of carboxylic acids is 1. The second-order valence-electron chi connectivity index (χ2n) is 14.1. The zero-order chi connectivity index (χ0) is 31.0. The van der Waals surface area contributed by atoms with E-state index in [1.165, 1.54) is 0 Å². The number of carbonyl (C=O) groups is 3. The first-order chi connectivity index (χ1) is 18.3. The lowest BCUT2D eigenvalue weighted by Gasteiger charge is -2.24. The first-order valence-electron chi connectivity index (χ1n) is 15.1. The maximum atomic E-state index is 13.2. The van der Waals surface area contributed by atoms with Crippen molar-refractivity contribution in [3.63, 3.8) is 0 Å². The van der Waals surface area contributed by atoms with Crippen LogP contribution in [0.2, 0.25) is 0 Å². The molecule has 0 aliphatic rings. The van der Waals surface area contributed by atoms with Crippen molar-refractivity contribution in [3.8, 4) is 0 Å². The molecule has 10 nitrogen and oxygen atoms in total. The Hall–Kier alpha value is -1.75. The van der Waals surface area contributed by atoms with Crippen LogP contribution >= 0.6 is 0 Å². The summed E-state index contributed by atoms with van der Waals surface area (Å²) in [7, 11) is 0. The molecule has 2 amide bonds. The molecule has 3 atom stereocenters. The summed E-state index contributed by atoms with van der Waals surface area (Å²) < 4.78 is 0. The lowest BCUT2D eigenvalue weighted by molar-refractivity contribution is -0.142. The number of amides is 2. The highest BCUT2D eigenvalue weighted by Crippen LogP contribution is 2.09. The molecule has 0 aromatic rings. The van der Waals surface area contributed by atoms with Crippen molar-refractivity contribution < 1.29 is 19.5 Å². The zero-order valence-electron chi connectivity index (χ0n) is 27.0. The number of nitrogens with two attached hydrogens (primary N) is 1. The van der Waals surface area contributed by atoms with E-state index < -0.39 is 30.0 Å². The van der Waals surface area contributed by atoms with Gasteiger partial charge in [0.25, 0.3) is 0 Å². The SMILES string of the molecule is CC(C)(C)NCCCCC(NC(=O)[C@H](N)CCCCNC(C)(C)C)C(=O)N[C@@H](CCCCNC(C)(C)C)C(=O)O. The van der Waals surface area contributed by atoms with E-state index in [9.17, 15) is 19.5 Å². The van der Waals surface area contributed by atoms with Crippen LogP contribution in [-0.4, -0.2) is 77.3 Å². The smallest absolute Gasteiger partial charge is 0.326 e. The molecule has 0 spiro atoms. The van der Waals surface area contributed by atoms with Gasteiger partial charge in [-0.15, -0.1) is 0 Å².